The Labute approximate surface area is 188 Å². The molecule has 0 spiro atoms. The van der Waals surface area contributed by atoms with Gasteiger partial charge in [-0.3, -0.25) is 4.79 Å². The van der Waals surface area contributed by atoms with Crippen molar-refractivity contribution in [3.8, 4) is 0 Å². The normalized spacial score (nSPS) is 24.0. The first-order chi connectivity index (χ1) is 14.8. The second kappa shape index (κ2) is 9.01. The van der Waals surface area contributed by atoms with Crippen LogP contribution in [0.4, 0.5) is 4.79 Å². The van der Waals surface area contributed by atoms with Gasteiger partial charge in [-0.05, 0) is 61.8 Å². The lowest BCUT2D eigenvalue weighted by Crippen LogP contribution is -2.39. The number of cyclic esters (lactones) is 1. The highest BCUT2D eigenvalue weighted by molar-refractivity contribution is 6.30. The van der Waals surface area contributed by atoms with Crippen LogP contribution in [0.1, 0.15) is 56.2 Å². The van der Waals surface area contributed by atoms with Gasteiger partial charge in [0, 0.05) is 18.1 Å². The third kappa shape index (κ3) is 4.94. The summed E-state index contributed by atoms with van der Waals surface area (Å²) in [6, 6.07) is 16.9. The van der Waals surface area contributed by atoms with Crippen LogP contribution in [-0.4, -0.2) is 35.7 Å². The van der Waals surface area contributed by atoms with Crippen LogP contribution in [0.15, 0.2) is 54.6 Å². The number of halogens is 1. The molecule has 164 valence electrons. The maximum atomic E-state index is 13.5. The minimum atomic E-state index is -0.569. The summed E-state index contributed by atoms with van der Waals surface area (Å²) >= 11 is 6.11. The molecule has 5 nitrogen and oxygen atoms in total. The van der Waals surface area contributed by atoms with Gasteiger partial charge in [0.15, 0.2) is 0 Å². The maximum Gasteiger partial charge on any atom is 0.417 e. The molecule has 0 radical (unpaired) electrons. The fourth-order valence-electron chi connectivity index (χ4n) is 4.79. The molecule has 2 unspecified atom stereocenters. The van der Waals surface area contributed by atoms with E-state index in [0.29, 0.717) is 11.6 Å². The quantitative estimate of drug-likeness (QED) is 0.593. The molecule has 2 aliphatic rings. The average Bonchev–Trinajstić information content (AvgIpc) is 3.14. The number of imide groups is 1. The Morgan fingerprint density at radius 1 is 1.16 bits per heavy atom. The second-order valence-electron chi connectivity index (χ2n) is 8.99. The predicted octanol–water partition coefficient (Wildman–Crippen LogP) is 5.74. The highest BCUT2D eigenvalue weighted by atomic mass is 35.5. The van der Waals surface area contributed by atoms with Gasteiger partial charge in [0.25, 0.3) is 0 Å². The molecule has 0 N–H and O–H groups in total. The number of carbonyl (C=O) groups is 2. The summed E-state index contributed by atoms with van der Waals surface area (Å²) in [4.78, 5) is 27.2. The number of hydrogen-bond donors (Lipinski definition) is 0. The van der Waals surface area contributed by atoms with Crippen molar-refractivity contribution < 1.29 is 19.1 Å². The topological polar surface area (TPSA) is 55.8 Å². The third-order valence-electron chi connectivity index (χ3n) is 6.32. The minimum Gasteiger partial charge on any atom is -0.446 e. The molecule has 2 heterocycles. The molecule has 2 amide bonds. The van der Waals surface area contributed by atoms with E-state index >= 15 is 0 Å². The lowest BCUT2D eigenvalue weighted by Gasteiger charge is -2.39. The summed E-state index contributed by atoms with van der Waals surface area (Å²) in [7, 11) is 0. The molecule has 0 aliphatic carbocycles. The van der Waals surface area contributed by atoms with Crippen molar-refractivity contribution in [3.05, 3.63) is 70.7 Å². The summed E-state index contributed by atoms with van der Waals surface area (Å²) in [5.74, 6) is 0.0287. The Bertz CT molecular complexity index is 928. The van der Waals surface area contributed by atoms with Crippen LogP contribution in [0.25, 0.3) is 0 Å². The second-order valence-corrected chi connectivity index (χ2v) is 9.43. The van der Waals surface area contributed by atoms with E-state index in [-0.39, 0.29) is 36.4 Å². The van der Waals surface area contributed by atoms with E-state index in [0.717, 1.165) is 24.0 Å². The van der Waals surface area contributed by atoms with Crippen LogP contribution in [0.3, 0.4) is 0 Å². The van der Waals surface area contributed by atoms with E-state index in [2.05, 4.69) is 13.8 Å². The van der Waals surface area contributed by atoms with Crippen LogP contribution < -0.4 is 0 Å². The first-order valence-electron chi connectivity index (χ1n) is 10.8. The Morgan fingerprint density at radius 3 is 2.55 bits per heavy atom. The summed E-state index contributed by atoms with van der Waals surface area (Å²) < 4.78 is 11.2. The Morgan fingerprint density at radius 2 is 1.87 bits per heavy atom. The van der Waals surface area contributed by atoms with Gasteiger partial charge in [0.2, 0.25) is 5.91 Å². The molecule has 2 aliphatic heterocycles. The van der Waals surface area contributed by atoms with E-state index in [1.807, 2.05) is 54.6 Å². The fourth-order valence-corrected chi connectivity index (χ4v) is 4.92. The standard InChI is InChI=1S/C25H28ClNO4/c1-25(2)15-19(12-13-31-25)21(17-8-10-20(26)11-9-17)14-23(28)27-22(16-30-24(27)29)18-6-4-3-5-7-18/h3-11,19,21-22H,12-16H2,1-2H3/t19?,21?,22-/m0/s1. The number of rotatable bonds is 5. The van der Waals surface area contributed by atoms with Gasteiger partial charge in [0.1, 0.15) is 12.6 Å². The number of ether oxygens (including phenoxy) is 2. The van der Waals surface area contributed by atoms with Crippen molar-refractivity contribution in [2.45, 2.75) is 50.7 Å². The zero-order chi connectivity index (χ0) is 22.0. The molecule has 2 aromatic rings. The van der Waals surface area contributed by atoms with Crippen molar-refractivity contribution >= 4 is 23.6 Å². The van der Waals surface area contributed by atoms with Crippen molar-refractivity contribution in [2.24, 2.45) is 5.92 Å². The lowest BCUT2D eigenvalue weighted by molar-refractivity contribution is -0.131. The van der Waals surface area contributed by atoms with Crippen LogP contribution in [0.5, 0.6) is 0 Å². The van der Waals surface area contributed by atoms with Crippen LogP contribution in [0.2, 0.25) is 5.02 Å². The molecule has 6 heteroatoms. The van der Waals surface area contributed by atoms with E-state index in [9.17, 15) is 9.59 Å². The van der Waals surface area contributed by atoms with Crippen molar-refractivity contribution in [1.82, 2.24) is 4.90 Å². The monoisotopic (exact) mass is 441 g/mol. The van der Waals surface area contributed by atoms with Gasteiger partial charge in [-0.2, -0.15) is 0 Å². The average molecular weight is 442 g/mol. The lowest BCUT2D eigenvalue weighted by atomic mass is 9.75. The highest BCUT2D eigenvalue weighted by Gasteiger charge is 2.41. The van der Waals surface area contributed by atoms with Gasteiger partial charge in [-0.1, -0.05) is 54.1 Å². The van der Waals surface area contributed by atoms with Gasteiger partial charge in [-0.25, -0.2) is 9.69 Å². The fraction of sp³-hybridized carbons (Fsp3) is 0.440. The maximum absolute atomic E-state index is 13.5. The van der Waals surface area contributed by atoms with E-state index in [4.69, 9.17) is 21.1 Å². The number of amides is 2. The van der Waals surface area contributed by atoms with Gasteiger partial charge < -0.3 is 9.47 Å². The molecule has 2 aromatic carbocycles. The molecule has 0 aromatic heterocycles. The van der Waals surface area contributed by atoms with Crippen LogP contribution in [-0.2, 0) is 14.3 Å². The van der Waals surface area contributed by atoms with E-state index < -0.39 is 12.1 Å². The summed E-state index contributed by atoms with van der Waals surface area (Å²) in [6.07, 6.45) is 1.39. The summed E-state index contributed by atoms with van der Waals surface area (Å²) in [5, 5.41) is 0.661. The predicted molar refractivity (Wildman–Crippen MR) is 119 cm³/mol. The van der Waals surface area contributed by atoms with Crippen LogP contribution >= 0.6 is 11.6 Å². The SMILES string of the molecule is CC1(C)CC(C(CC(=O)N2C(=O)OC[C@H]2c2ccccc2)c2ccc(Cl)cc2)CCO1. The smallest absolute Gasteiger partial charge is 0.417 e. The van der Waals surface area contributed by atoms with Gasteiger partial charge in [-0.15, -0.1) is 0 Å². The molecular weight excluding hydrogens is 414 g/mol. The third-order valence-corrected chi connectivity index (χ3v) is 6.58. The molecule has 2 fully saturated rings. The zero-order valence-electron chi connectivity index (χ0n) is 17.9. The molecule has 31 heavy (non-hydrogen) atoms. The van der Waals surface area contributed by atoms with Crippen molar-refractivity contribution in [1.29, 1.82) is 0 Å². The molecular formula is C25H28ClNO4. The van der Waals surface area contributed by atoms with Crippen molar-refractivity contribution in [3.63, 3.8) is 0 Å². The minimum absolute atomic E-state index is 0.0298. The van der Waals surface area contributed by atoms with Crippen molar-refractivity contribution in [2.75, 3.05) is 13.2 Å². The number of nitrogens with zero attached hydrogens (tertiary/aromatic N) is 1. The van der Waals surface area contributed by atoms with Gasteiger partial charge >= 0.3 is 6.09 Å². The molecule has 0 saturated carbocycles. The van der Waals surface area contributed by atoms with E-state index in [1.54, 1.807) is 0 Å². The Balaban J connectivity index is 1.60. The Kier molecular flexibility index (Phi) is 6.35. The number of benzene rings is 2. The van der Waals surface area contributed by atoms with E-state index in [1.165, 1.54) is 4.90 Å². The molecule has 3 atom stereocenters. The van der Waals surface area contributed by atoms with Gasteiger partial charge in [0.05, 0.1) is 5.60 Å². The zero-order valence-corrected chi connectivity index (χ0v) is 18.7. The number of hydrogen-bond acceptors (Lipinski definition) is 4. The first-order valence-corrected chi connectivity index (χ1v) is 11.1. The molecule has 4 rings (SSSR count). The first kappa shape index (κ1) is 21.8. The summed E-state index contributed by atoms with van der Waals surface area (Å²) in [5.41, 5.74) is 1.72. The van der Waals surface area contributed by atoms with Crippen LogP contribution in [0, 0.1) is 5.92 Å². The molecule has 0 bridgehead atoms. The highest BCUT2D eigenvalue weighted by Crippen LogP contribution is 2.41. The molecule has 2 saturated heterocycles. The Hall–Kier alpha value is -2.37. The summed E-state index contributed by atoms with van der Waals surface area (Å²) in [6.45, 7) is 5.02. The largest absolute Gasteiger partial charge is 0.446 e. The number of carbonyl (C=O) groups excluding carboxylic acids is 2.